The van der Waals surface area contributed by atoms with Crippen LogP contribution in [0.2, 0.25) is 5.02 Å². The molecule has 4 rings (SSSR count). The molecular weight excluding hydrogens is 508 g/mol. The number of esters is 1. The number of nitrogens with one attached hydrogen (secondary N) is 1. The second-order valence-corrected chi connectivity index (χ2v) is 8.21. The highest BCUT2D eigenvalue weighted by Gasteiger charge is 2.34. The number of halogens is 1. The number of methoxy groups -OCH3 is 2. The zero-order chi connectivity index (χ0) is 25.8. The van der Waals surface area contributed by atoms with Crippen LogP contribution in [-0.2, 0) is 20.9 Å². The van der Waals surface area contributed by atoms with Gasteiger partial charge in [0.05, 0.1) is 19.9 Å². The Morgan fingerprint density at radius 3 is 2.53 bits per heavy atom. The number of hydrogen-bond donors (Lipinski definition) is 1. The first-order valence-corrected chi connectivity index (χ1v) is 11.2. The largest absolute Gasteiger partial charge is 0.493 e. The number of furan rings is 1. The van der Waals surface area contributed by atoms with Crippen molar-refractivity contribution in [2.45, 2.75) is 6.61 Å². The van der Waals surface area contributed by atoms with Gasteiger partial charge in [0.1, 0.15) is 17.9 Å². The molecule has 11 heteroatoms. The third-order valence-electron chi connectivity index (χ3n) is 5.10. The molecule has 2 amide bonds. The van der Waals surface area contributed by atoms with Crippen molar-refractivity contribution < 1.29 is 33.0 Å². The number of benzene rings is 2. The first-order valence-electron chi connectivity index (χ1n) is 10.5. The molecule has 0 saturated carbocycles. The SMILES string of the molecule is COC(=O)c1ccc(COc2ccc(C=C3C(=O)NC(=S)N(c4ccc(Cl)cc4)C3=O)cc2OC)o1. The molecule has 1 aliphatic heterocycles. The standard InChI is InChI=1S/C25H19ClN2O7S/c1-32-21-12-14(3-9-19(21)34-13-17-8-10-20(35-17)24(31)33-2)11-18-22(29)27-25(36)28(23(18)30)16-6-4-15(26)5-7-16/h3-12H,13H2,1-2H3,(H,27,29,36). The van der Waals surface area contributed by atoms with Crippen LogP contribution >= 0.6 is 23.8 Å². The monoisotopic (exact) mass is 526 g/mol. The molecular formula is C25H19ClN2O7S. The lowest BCUT2D eigenvalue weighted by molar-refractivity contribution is -0.122. The fourth-order valence-electron chi connectivity index (χ4n) is 3.36. The Bertz CT molecular complexity index is 1380. The first-order chi connectivity index (χ1) is 17.3. The molecule has 0 bridgehead atoms. The Morgan fingerprint density at radius 1 is 1.08 bits per heavy atom. The van der Waals surface area contributed by atoms with Crippen LogP contribution < -0.4 is 19.7 Å². The van der Waals surface area contributed by atoms with Crippen molar-refractivity contribution in [2.75, 3.05) is 19.1 Å². The number of carbonyl (C=O) groups is 3. The minimum absolute atomic E-state index is 0.0286. The Balaban J connectivity index is 1.55. The van der Waals surface area contributed by atoms with E-state index in [2.05, 4.69) is 10.1 Å². The van der Waals surface area contributed by atoms with E-state index in [1.165, 1.54) is 31.3 Å². The molecule has 0 spiro atoms. The molecule has 36 heavy (non-hydrogen) atoms. The molecule has 1 aromatic heterocycles. The maximum atomic E-state index is 13.2. The number of thiocarbonyl (C=S) groups is 1. The van der Waals surface area contributed by atoms with Gasteiger partial charge in [-0.3, -0.25) is 19.8 Å². The second-order valence-electron chi connectivity index (χ2n) is 7.39. The summed E-state index contributed by atoms with van der Waals surface area (Å²) < 4.78 is 21.2. The van der Waals surface area contributed by atoms with Crippen LogP contribution in [0.1, 0.15) is 21.9 Å². The van der Waals surface area contributed by atoms with Crippen LogP contribution in [0.4, 0.5) is 5.69 Å². The number of nitrogens with zero attached hydrogens (tertiary/aromatic N) is 1. The van der Waals surface area contributed by atoms with E-state index in [-0.39, 0.29) is 23.1 Å². The third-order valence-corrected chi connectivity index (χ3v) is 5.64. The summed E-state index contributed by atoms with van der Waals surface area (Å²) >= 11 is 11.1. The highest BCUT2D eigenvalue weighted by molar-refractivity contribution is 7.80. The lowest BCUT2D eigenvalue weighted by Gasteiger charge is -2.29. The average molecular weight is 527 g/mol. The van der Waals surface area contributed by atoms with Crippen molar-refractivity contribution in [3.63, 3.8) is 0 Å². The molecule has 3 aromatic rings. The lowest BCUT2D eigenvalue weighted by Crippen LogP contribution is -2.54. The molecule has 0 atom stereocenters. The van der Waals surface area contributed by atoms with Gasteiger partial charge in [-0.2, -0.15) is 0 Å². The molecule has 0 aliphatic carbocycles. The van der Waals surface area contributed by atoms with Gasteiger partial charge < -0.3 is 18.6 Å². The van der Waals surface area contributed by atoms with Gasteiger partial charge >= 0.3 is 5.97 Å². The number of rotatable bonds is 7. The van der Waals surface area contributed by atoms with Gasteiger partial charge in [0.2, 0.25) is 5.76 Å². The van der Waals surface area contributed by atoms with Gasteiger partial charge in [-0.05, 0) is 72.4 Å². The Labute approximate surface area is 216 Å². The highest BCUT2D eigenvalue weighted by atomic mass is 35.5. The van der Waals surface area contributed by atoms with Crippen LogP contribution in [0.3, 0.4) is 0 Å². The van der Waals surface area contributed by atoms with Crippen LogP contribution in [0.15, 0.2) is 64.6 Å². The van der Waals surface area contributed by atoms with Crippen molar-refractivity contribution in [1.29, 1.82) is 0 Å². The molecule has 184 valence electrons. The second kappa shape index (κ2) is 10.6. The summed E-state index contributed by atoms with van der Waals surface area (Å²) in [6.45, 7) is 0.0299. The summed E-state index contributed by atoms with van der Waals surface area (Å²) in [6.07, 6.45) is 1.43. The number of amides is 2. The van der Waals surface area contributed by atoms with Crippen LogP contribution in [0.25, 0.3) is 6.08 Å². The lowest BCUT2D eigenvalue weighted by atomic mass is 10.1. The predicted molar refractivity (Wildman–Crippen MR) is 135 cm³/mol. The summed E-state index contributed by atoms with van der Waals surface area (Å²) in [7, 11) is 2.72. The molecule has 1 N–H and O–H groups in total. The van der Waals surface area contributed by atoms with Crippen molar-refractivity contribution in [1.82, 2.24) is 5.32 Å². The summed E-state index contributed by atoms with van der Waals surface area (Å²) in [4.78, 5) is 38.5. The van der Waals surface area contributed by atoms with E-state index >= 15 is 0 Å². The molecule has 2 heterocycles. The Morgan fingerprint density at radius 2 is 1.83 bits per heavy atom. The fourth-order valence-corrected chi connectivity index (χ4v) is 3.76. The number of anilines is 1. The van der Waals surface area contributed by atoms with E-state index in [0.717, 1.165) is 0 Å². The van der Waals surface area contributed by atoms with Crippen LogP contribution in [-0.4, -0.2) is 37.1 Å². The molecule has 1 saturated heterocycles. The summed E-state index contributed by atoms with van der Waals surface area (Å²) in [5.41, 5.74) is 0.877. The van der Waals surface area contributed by atoms with Gasteiger partial charge in [-0.15, -0.1) is 0 Å². The van der Waals surface area contributed by atoms with E-state index < -0.39 is 17.8 Å². The maximum absolute atomic E-state index is 13.2. The van der Waals surface area contributed by atoms with Gasteiger partial charge in [0, 0.05) is 5.02 Å². The fraction of sp³-hybridized carbons (Fsp3) is 0.120. The van der Waals surface area contributed by atoms with E-state index in [4.69, 9.17) is 37.7 Å². The summed E-state index contributed by atoms with van der Waals surface area (Å²) in [5.74, 6) is -0.567. The zero-order valence-electron chi connectivity index (χ0n) is 19.1. The zero-order valence-corrected chi connectivity index (χ0v) is 20.6. The third kappa shape index (κ3) is 5.24. The van der Waals surface area contributed by atoms with Crippen molar-refractivity contribution in [3.05, 3.63) is 82.3 Å². The van der Waals surface area contributed by atoms with Crippen LogP contribution in [0, 0.1) is 0 Å². The summed E-state index contributed by atoms with van der Waals surface area (Å²) in [6, 6.07) is 14.5. The van der Waals surface area contributed by atoms with E-state index in [9.17, 15) is 14.4 Å². The summed E-state index contributed by atoms with van der Waals surface area (Å²) in [5, 5.41) is 3.00. The van der Waals surface area contributed by atoms with E-state index in [1.807, 2.05) is 0 Å². The molecule has 1 aliphatic rings. The van der Waals surface area contributed by atoms with E-state index in [0.29, 0.717) is 33.5 Å². The molecule has 9 nitrogen and oxygen atoms in total. The Hall–Kier alpha value is -4.15. The molecule has 0 unspecified atom stereocenters. The number of hydrogen-bond acceptors (Lipinski definition) is 8. The number of carbonyl (C=O) groups excluding carboxylic acids is 3. The van der Waals surface area contributed by atoms with Crippen molar-refractivity contribution in [3.8, 4) is 11.5 Å². The Kier molecular flexibility index (Phi) is 7.37. The highest BCUT2D eigenvalue weighted by Crippen LogP contribution is 2.31. The topological polar surface area (TPSA) is 107 Å². The normalized spacial score (nSPS) is 14.6. The maximum Gasteiger partial charge on any atom is 0.373 e. The smallest absolute Gasteiger partial charge is 0.373 e. The number of ether oxygens (including phenoxy) is 3. The van der Waals surface area contributed by atoms with Crippen molar-refractivity contribution >= 4 is 58.5 Å². The average Bonchev–Trinajstić information content (AvgIpc) is 3.35. The quantitative estimate of drug-likeness (QED) is 0.212. The first kappa shape index (κ1) is 25.0. The predicted octanol–water partition coefficient (Wildman–Crippen LogP) is 4.14. The van der Waals surface area contributed by atoms with Crippen LogP contribution in [0.5, 0.6) is 11.5 Å². The van der Waals surface area contributed by atoms with E-state index in [1.54, 1.807) is 48.5 Å². The van der Waals surface area contributed by atoms with Gasteiger partial charge in [0.15, 0.2) is 16.6 Å². The van der Waals surface area contributed by atoms with Gasteiger partial charge in [-0.25, -0.2) is 4.79 Å². The molecule has 1 fully saturated rings. The molecule has 2 aromatic carbocycles. The van der Waals surface area contributed by atoms with Crippen molar-refractivity contribution in [2.24, 2.45) is 0 Å². The minimum Gasteiger partial charge on any atom is -0.493 e. The molecule has 0 radical (unpaired) electrons. The van der Waals surface area contributed by atoms with Gasteiger partial charge in [0.25, 0.3) is 11.8 Å². The van der Waals surface area contributed by atoms with Gasteiger partial charge in [-0.1, -0.05) is 17.7 Å². The minimum atomic E-state index is -0.617.